The van der Waals surface area contributed by atoms with E-state index in [1.54, 1.807) is 0 Å². The molecule has 0 bridgehead atoms. The molecule has 1 aromatic rings. The maximum Gasteiger partial charge on any atom is 0.286 e. The average Bonchev–Trinajstić information content (AvgIpc) is 2.36. The highest BCUT2D eigenvalue weighted by Crippen LogP contribution is 2.36. The number of halogens is 3. The van der Waals surface area contributed by atoms with Crippen molar-refractivity contribution in [1.29, 1.82) is 0 Å². The molecule has 1 heterocycles. The second kappa shape index (κ2) is 3.64. The number of hydrogen-bond acceptors (Lipinski definition) is 3. The van der Waals surface area contributed by atoms with Gasteiger partial charge in [-0.2, -0.15) is 0 Å². The fourth-order valence-electron chi connectivity index (χ4n) is 0.686. The topological polar surface area (TPSA) is 33.1 Å². The van der Waals surface area contributed by atoms with Crippen LogP contribution >= 0.6 is 22.9 Å². The Hall–Kier alpha value is -0.260. The van der Waals surface area contributed by atoms with Gasteiger partial charge >= 0.3 is 0 Å². The summed E-state index contributed by atoms with van der Waals surface area (Å²) in [5.41, 5.74) is 0. The van der Waals surface area contributed by atoms with Gasteiger partial charge < -0.3 is 5.11 Å². The Morgan fingerprint density at radius 1 is 1.67 bits per heavy atom. The smallest absolute Gasteiger partial charge is 0.286 e. The van der Waals surface area contributed by atoms with Crippen molar-refractivity contribution in [3.8, 4) is 0 Å². The molecule has 0 saturated heterocycles. The van der Waals surface area contributed by atoms with E-state index in [2.05, 4.69) is 4.98 Å². The lowest BCUT2D eigenvalue weighted by molar-refractivity contribution is -0.0235. The number of nitrogens with zero attached hydrogens (tertiary/aromatic N) is 1. The number of aliphatic hydroxyl groups excluding tert-OH is 1. The third-order valence-corrected chi connectivity index (χ3v) is 2.49. The molecule has 0 spiro atoms. The van der Waals surface area contributed by atoms with Gasteiger partial charge in [0, 0.05) is 19.2 Å². The van der Waals surface area contributed by atoms with Crippen LogP contribution in [0, 0.1) is 0 Å². The molecule has 0 saturated carbocycles. The summed E-state index contributed by atoms with van der Waals surface area (Å²) in [6.07, 6.45) is 0.439. The van der Waals surface area contributed by atoms with Crippen LogP contribution in [0.25, 0.3) is 0 Å². The number of rotatable bonds is 3. The van der Waals surface area contributed by atoms with E-state index in [1.807, 2.05) is 0 Å². The van der Waals surface area contributed by atoms with Crippen LogP contribution in [0.1, 0.15) is 11.3 Å². The minimum Gasteiger partial charge on any atom is -0.396 e. The van der Waals surface area contributed by atoms with Gasteiger partial charge in [-0.25, -0.2) is 13.8 Å². The van der Waals surface area contributed by atoms with Crippen molar-refractivity contribution in [3.63, 3.8) is 0 Å². The van der Waals surface area contributed by atoms with E-state index in [4.69, 9.17) is 16.7 Å². The maximum atomic E-state index is 12.9. The number of thiazole rings is 1. The summed E-state index contributed by atoms with van der Waals surface area (Å²) in [7, 11) is 0. The molecule has 0 aliphatic carbocycles. The molecule has 68 valence electrons. The van der Waals surface area contributed by atoms with Gasteiger partial charge in [-0.3, -0.25) is 0 Å². The molecule has 2 nitrogen and oxygen atoms in total. The monoisotopic (exact) mass is 213 g/mol. The number of aromatic nitrogens is 1. The molecule has 12 heavy (non-hydrogen) atoms. The summed E-state index contributed by atoms with van der Waals surface area (Å²) in [5, 5.41) is 8.34. The first-order valence-corrected chi connectivity index (χ1v) is 4.36. The van der Waals surface area contributed by atoms with Gasteiger partial charge in [0.2, 0.25) is 0 Å². The summed E-state index contributed by atoms with van der Waals surface area (Å²) in [6.45, 7) is -0.553. The van der Waals surface area contributed by atoms with Crippen LogP contribution in [0.15, 0.2) is 6.20 Å². The summed E-state index contributed by atoms with van der Waals surface area (Å²) >= 11 is 6.11. The molecule has 1 N–H and O–H groups in total. The lowest BCUT2D eigenvalue weighted by Crippen LogP contribution is -2.13. The largest absolute Gasteiger partial charge is 0.396 e. The van der Waals surface area contributed by atoms with Crippen LogP contribution in [-0.2, 0) is 5.92 Å². The molecule has 0 unspecified atom stereocenters. The molecule has 0 aliphatic rings. The van der Waals surface area contributed by atoms with E-state index in [0.29, 0.717) is 0 Å². The first-order chi connectivity index (χ1) is 5.56. The Balaban J connectivity index is 2.81. The van der Waals surface area contributed by atoms with Gasteiger partial charge in [0.15, 0.2) is 4.47 Å². The van der Waals surface area contributed by atoms with Crippen LogP contribution in [0.3, 0.4) is 0 Å². The quantitative estimate of drug-likeness (QED) is 0.836. The van der Waals surface area contributed by atoms with Crippen LogP contribution in [0.5, 0.6) is 0 Å². The minimum atomic E-state index is -3.01. The zero-order chi connectivity index (χ0) is 9.19. The van der Waals surface area contributed by atoms with Crippen molar-refractivity contribution in [2.75, 3.05) is 6.61 Å². The van der Waals surface area contributed by atoms with E-state index in [0.717, 1.165) is 17.5 Å². The number of aliphatic hydroxyl groups is 1. The normalized spacial score (nSPS) is 12.0. The zero-order valence-corrected chi connectivity index (χ0v) is 7.50. The standard InChI is InChI=1S/C6H6ClF2NOS/c7-5-10-3-4(12-5)6(8,9)1-2-11/h3,11H,1-2H2. The molecule has 0 fully saturated rings. The van der Waals surface area contributed by atoms with E-state index < -0.39 is 19.0 Å². The minimum absolute atomic E-state index is 0.0858. The molecular weight excluding hydrogens is 208 g/mol. The Bertz CT molecular complexity index is 266. The number of hydrogen-bond donors (Lipinski definition) is 1. The SMILES string of the molecule is OCCC(F)(F)c1cnc(Cl)s1. The van der Waals surface area contributed by atoms with Gasteiger partial charge in [-0.1, -0.05) is 11.6 Å². The van der Waals surface area contributed by atoms with Crippen molar-refractivity contribution in [2.24, 2.45) is 0 Å². The Labute approximate surface area is 76.8 Å². The van der Waals surface area contributed by atoms with Crippen LogP contribution in [0.2, 0.25) is 4.47 Å². The molecule has 0 aromatic carbocycles. The van der Waals surface area contributed by atoms with Crippen molar-refractivity contribution in [2.45, 2.75) is 12.3 Å². The first kappa shape index (κ1) is 9.83. The van der Waals surface area contributed by atoms with Crippen LogP contribution < -0.4 is 0 Å². The van der Waals surface area contributed by atoms with E-state index in [-0.39, 0.29) is 9.34 Å². The molecule has 0 radical (unpaired) electrons. The van der Waals surface area contributed by atoms with Crippen LogP contribution in [-0.4, -0.2) is 16.7 Å². The molecule has 1 aromatic heterocycles. The van der Waals surface area contributed by atoms with Gasteiger partial charge in [-0.05, 0) is 0 Å². The summed E-state index contributed by atoms with van der Waals surface area (Å²) in [5.74, 6) is -3.01. The van der Waals surface area contributed by atoms with Gasteiger partial charge in [-0.15, -0.1) is 11.3 Å². The highest BCUT2D eigenvalue weighted by Gasteiger charge is 2.32. The Morgan fingerprint density at radius 2 is 2.33 bits per heavy atom. The van der Waals surface area contributed by atoms with Crippen molar-refractivity contribution < 1.29 is 13.9 Å². The number of alkyl halides is 2. The second-order valence-electron chi connectivity index (χ2n) is 2.16. The van der Waals surface area contributed by atoms with Crippen molar-refractivity contribution in [3.05, 3.63) is 15.5 Å². The molecule has 0 amide bonds. The maximum absolute atomic E-state index is 12.9. The van der Waals surface area contributed by atoms with Gasteiger partial charge in [0.25, 0.3) is 5.92 Å². The van der Waals surface area contributed by atoms with E-state index in [1.165, 1.54) is 0 Å². The fraction of sp³-hybridized carbons (Fsp3) is 0.500. The fourth-order valence-corrected chi connectivity index (χ4v) is 1.63. The molecule has 0 atom stereocenters. The zero-order valence-electron chi connectivity index (χ0n) is 5.93. The highest BCUT2D eigenvalue weighted by atomic mass is 35.5. The van der Waals surface area contributed by atoms with E-state index in [9.17, 15) is 8.78 Å². The average molecular weight is 214 g/mol. The third kappa shape index (κ3) is 2.12. The summed E-state index contributed by atoms with van der Waals surface area (Å²) in [4.78, 5) is 3.28. The van der Waals surface area contributed by atoms with Crippen molar-refractivity contribution in [1.82, 2.24) is 4.98 Å². The Morgan fingerprint density at radius 3 is 2.75 bits per heavy atom. The van der Waals surface area contributed by atoms with Gasteiger partial charge in [0.05, 0.1) is 4.88 Å². The molecular formula is C6H6ClF2NOS. The predicted octanol–water partition coefficient (Wildman–Crippen LogP) is 2.27. The molecule has 0 aliphatic heterocycles. The third-order valence-electron chi connectivity index (χ3n) is 1.26. The molecule has 6 heteroatoms. The predicted molar refractivity (Wildman–Crippen MR) is 42.7 cm³/mol. The summed E-state index contributed by atoms with van der Waals surface area (Å²) in [6, 6.07) is 0. The Kier molecular flexibility index (Phi) is 2.98. The second-order valence-corrected chi connectivity index (χ2v) is 3.77. The highest BCUT2D eigenvalue weighted by molar-refractivity contribution is 7.15. The van der Waals surface area contributed by atoms with Gasteiger partial charge in [0.1, 0.15) is 0 Å². The lowest BCUT2D eigenvalue weighted by atomic mass is 10.2. The summed E-state index contributed by atoms with van der Waals surface area (Å²) < 4.78 is 25.9. The van der Waals surface area contributed by atoms with E-state index >= 15 is 0 Å². The van der Waals surface area contributed by atoms with Crippen LogP contribution in [0.4, 0.5) is 8.78 Å². The first-order valence-electron chi connectivity index (χ1n) is 3.17. The van der Waals surface area contributed by atoms with Crippen molar-refractivity contribution >= 4 is 22.9 Å². The lowest BCUT2D eigenvalue weighted by Gasteiger charge is -2.10. The molecule has 1 rings (SSSR count).